The number of hydrogen-bond acceptors (Lipinski definition) is 3. The van der Waals surface area contributed by atoms with Crippen molar-refractivity contribution in [3.63, 3.8) is 0 Å². The lowest BCUT2D eigenvalue weighted by atomic mass is 9.99. The maximum absolute atomic E-state index is 12.7. The van der Waals surface area contributed by atoms with E-state index in [0.717, 1.165) is 6.42 Å². The Morgan fingerprint density at radius 1 is 1.21 bits per heavy atom. The van der Waals surface area contributed by atoms with Crippen molar-refractivity contribution in [2.45, 2.75) is 13.0 Å². The molecule has 0 aliphatic carbocycles. The molecule has 3 rings (SSSR count). The molecular formula is C19H19N3O2. The van der Waals surface area contributed by atoms with E-state index in [1.54, 1.807) is 17.0 Å². The lowest BCUT2D eigenvalue weighted by molar-refractivity contribution is 0.0734. The molecule has 5 heteroatoms. The molecule has 0 atom stereocenters. The quantitative estimate of drug-likeness (QED) is 0.878. The van der Waals surface area contributed by atoms with Crippen molar-refractivity contribution in [3.8, 4) is 0 Å². The van der Waals surface area contributed by atoms with Crippen LogP contribution in [0.2, 0.25) is 0 Å². The second-order valence-electron chi connectivity index (χ2n) is 5.71. The Hall–Kier alpha value is -2.95. The summed E-state index contributed by atoms with van der Waals surface area (Å²) in [5.41, 5.74) is 3.27. The molecule has 2 amide bonds. The summed E-state index contributed by atoms with van der Waals surface area (Å²) in [4.78, 5) is 30.6. The van der Waals surface area contributed by atoms with E-state index in [-0.39, 0.29) is 11.8 Å². The number of carbonyl (C=O) groups is 2. The van der Waals surface area contributed by atoms with E-state index in [1.807, 2.05) is 18.2 Å². The van der Waals surface area contributed by atoms with E-state index >= 15 is 0 Å². The van der Waals surface area contributed by atoms with Crippen molar-refractivity contribution in [2.24, 2.45) is 0 Å². The molecule has 0 saturated heterocycles. The lowest BCUT2D eigenvalue weighted by Gasteiger charge is -2.28. The van der Waals surface area contributed by atoms with Gasteiger partial charge in [0.05, 0.1) is 11.1 Å². The first-order valence-electron chi connectivity index (χ1n) is 7.89. The fourth-order valence-corrected chi connectivity index (χ4v) is 2.80. The van der Waals surface area contributed by atoms with Crippen molar-refractivity contribution >= 4 is 11.8 Å². The number of benzene rings is 1. The molecule has 0 saturated carbocycles. The molecule has 0 spiro atoms. The van der Waals surface area contributed by atoms with Crippen LogP contribution in [-0.2, 0) is 13.0 Å². The van der Waals surface area contributed by atoms with Crippen LogP contribution in [0.1, 0.15) is 31.8 Å². The molecule has 0 radical (unpaired) electrons. The van der Waals surface area contributed by atoms with Gasteiger partial charge in [0.25, 0.3) is 11.8 Å². The number of pyridine rings is 1. The van der Waals surface area contributed by atoms with E-state index in [9.17, 15) is 9.59 Å². The molecule has 0 fully saturated rings. The van der Waals surface area contributed by atoms with Gasteiger partial charge in [0.15, 0.2) is 0 Å². The van der Waals surface area contributed by atoms with E-state index < -0.39 is 0 Å². The van der Waals surface area contributed by atoms with Crippen LogP contribution in [0.15, 0.2) is 55.4 Å². The van der Waals surface area contributed by atoms with E-state index in [0.29, 0.717) is 30.8 Å². The van der Waals surface area contributed by atoms with E-state index in [4.69, 9.17) is 0 Å². The predicted molar refractivity (Wildman–Crippen MR) is 91.7 cm³/mol. The van der Waals surface area contributed by atoms with Crippen molar-refractivity contribution in [3.05, 3.63) is 77.6 Å². The second-order valence-corrected chi connectivity index (χ2v) is 5.71. The summed E-state index contributed by atoms with van der Waals surface area (Å²) in [5.74, 6) is -0.364. The van der Waals surface area contributed by atoms with Gasteiger partial charge in [-0.25, -0.2) is 0 Å². The minimum atomic E-state index is -0.263. The number of hydrogen-bond donors (Lipinski definition) is 1. The highest BCUT2D eigenvalue weighted by Gasteiger charge is 2.22. The summed E-state index contributed by atoms with van der Waals surface area (Å²) >= 11 is 0. The Morgan fingerprint density at radius 3 is 2.75 bits per heavy atom. The number of nitrogens with zero attached hydrogens (tertiary/aromatic N) is 2. The Kier molecular flexibility index (Phi) is 4.70. The molecule has 24 heavy (non-hydrogen) atoms. The highest BCUT2D eigenvalue weighted by atomic mass is 16.2. The molecule has 1 aromatic heterocycles. The third-order valence-corrected chi connectivity index (χ3v) is 4.07. The van der Waals surface area contributed by atoms with Gasteiger partial charge in [-0.05, 0) is 23.6 Å². The van der Waals surface area contributed by atoms with Crippen LogP contribution in [0.25, 0.3) is 0 Å². The van der Waals surface area contributed by atoms with Crippen LogP contribution in [0.5, 0.6) is 0 Å². The molecule has 2 aromatic rings. The molecule has 1 aromatic carbocycles. The van der Waals surface area contributed by atoms with Crippen molar-refractivity contribution in [1.82, 2.24) is 15.2 Å². The van der Waals surface area contributed by atoms with Gasteiger partial charge < -0.3 is 10.2 Å². The van der Waals surface area contributed by atoms with Gasteiger partial charge in [-0.15, -0.1) is 6.58 Å². The van der Waals surface area contributed by atoms with Crippen LogP contribution in [0, 0.1) is 0 Å². The minimum Gasteiger partial charge on any atom is -0.349 e. The third kappa shape index (κ3) is 3.35. The van der Waals surface area contributed by atoms with Crippen molar-refractivity contribution < 1.29 is 9.59 Å². The highest BCUT2D eigenvalue weighted by molar-refractivity contribution is 5.99. The zero-order chi connectivity index (χ0) is 16.9. The number of nitrogens with one attached hydrogen (secondary N) is 1. The van der Waals surface area contributed by atoms with Crippen LogP contribution >= 0.6 is 0 Å². The van der Waals surface area contributed by atoms with E-state index in [1.165, 1.54) is 23.5 Å². The van der Waals surface area contributed by atoms with Crippen LogP contribution in [0.4, 0.5) is 0 Å². The van der Waals surface area contributed by atoms with Gasteiger partial charge in [0.1, 0.15) is 0 Å². The summed E-state index contributed by atoms with van der Waals surface area (Å²) in [5, 5.41) is 2.69. The molecule has 0 unspecified atom stereocenters. The normalized spacial score (nSPS) is 13.1. The van der Waals surface area contributed by atoms with Gasteiger partial charge in [-0.3, -0.25) is 14.6 Å². The Balaban J connectivity index is 1.76. The van der Waals surface area contributed by atoms with E-state index in [2.05, 4.69) is 22.9 Å². The highest BCUT2D eigenvalue weighted by Crippen LogP contribution is 2.20. The maximum Gasteiger partial charge on any atom is 0.255 e. The Bertz CT molecular complexity index is 786. The maximum atomic E-state index is 12.7. The fraction of sp³-hybridized carbons (Fsp3) is 0.211. The number of carbonyl (C=O) groups excluding carboxylic acids is 2. The van der Waals surface area contributed by atoms with Gasteiger partial charge >= 0.3 is 0 Å². The minimum absolute atomic E-state index is 0.102. The van der Waals surface area contributed by atoms with Gasteiger partial charge in [-0.1, -0.05) is 30.3 Å². The van der Waals surface area contributed by atoms with Gasteiger partial charge in [0.2, 0.25) is 0 Å². The number of amides is 2. The SMILES string of the molecule is C=CCNC(=O)c1cncc(C(=O)N2CCc3ccccc3C2)c1. The molecule has 2 heterocycles. The summed E-state index contributed by atoms with van der Waals surface area (Å²) in [6.45, 7) is 5.19. The zero-order valence-corrected chi connectivity index (χ0v) is 13.4. The second kappa shape index (κ2) is 7.08. The summed E-state index contributed by atoms with van der Waals surface area (Å²) in [7, 11) is 0. The van der Waals surface area contributed by atoms with Crippen molar-refractivity contribution in [2.75, 3.05) is 13.1 Å². The first kappa shape index (κ1) is 15.9. The number of aromatic nitrogens is 1. The summed E-state index contributed by atoms with van der Waals surface area (Å²) in [6, 6.07) is 9.74. The number of fused-ring (bicyclic) bond motifs is 1. The Labute approximate surface area is 141 Å². The Morgan fingerprint density at radius 2 is 1.96 bits per heavy atom. The third-order valence-electron chi connectivity index (χ3n) is 4.07. The number of rotatable bonds is 4. The van der Waals surface area contributed by atoms with Crippen LogP contribution < -0.4 is 5.32 Å². The summed E-state index contributed by atoms with van der Waals surface area (Å²) in [6.07, 6.45) is 5.41. The molecule has 1 aliphatic heterocycles. The topological polar surface area (TPSA) is 62.3 Å². The van der Waals surface area contributed by atoms with Crippen LogP contribution in [-0.4, -0.2) is 34.8 Å². The molecular weight excluding hydrogens is 302 g/mol. The van der Waals surface area contributed by atoms with Crippen molar-refractivity contribution in [1.29, 1.82) is 0 Å². The van der Waals surface area contributed by atoms with Gasteiger partial charge in [0, 0.05) is 32.0 Å². The average molecular weight is 321 g/mol. The molecule has 122 valence electrons. The first-order valence-corrected chi connectivity index (χ1v) is 7.89. The molecule has 1 N–H and O–H groups in total. The first-order chi connectivity index (χ1) is 11.7. The van der Waals surface area contributed by atoms with Crippen LogP contribution in [0.3, 0.4) is 0 Å². The average Bonchev–Trinajstić information content (AvgIpc) is 2.65. The predicted octanol–water partition coefficient (Wildman–Crippen LogP) is 2.20. The standard InChI is InChI=1S/C19H19N3O2/c1-2-8-21-18(23)16-10-17(12-20-11-16)19(24)22-9-7-14-5-3-4-6-15(14)13-22/h2-6,10-12H,1,7-9,13H2,(H,21,23). The summed E-state index contributed by atoms with van der Waals surface area (Å²) < 4.78 is 0. The molecule has 1 aliphatic rings. The molecule has 5 nitrogen and oxygen atoms in total. The largest absolute Gasteiger partial charge is 0.349 e. The molecule has 0 bridgehead atoms. The lowest BCUT2D eigenvalue weighted by Crippen LogP contribution is -2.36. The monoisotopic (exact) mass is 321 g/mol. The smallest absolute Gasteiger partial charge is 0.255 e. The van der Waals surface area contributed by atoms with Gasteiger partial charge in [-0.2, -0.15) is 0 Å². The zero-order valence-electron chi connectivity index (χ0n) is 13.4. The fourth-order valence-electron chi connectivity index (χ4n) is 2.80.